The molecule has 1 heterocycles. The zero-order chi connectivity index (χ0) is 12.1. The van der Waals surface area contributed by atoms with Crippen molar-refractivity contribution in [2.45, 2.75) is 25.4 Å². The SMILES string of the molecule is CC(NC(=O)C(N)CC(=O)O)c1ccsc1. The Morgan fingerprint density at radius 3 is 2.81 bits per heavy atom. The quantitative estimate of drug-likeness (QED) is 0.709. The smallest absolute Gasteiger partial charge is 0.305 e. The lowest BCUT2D eigenvalue weighted by Gasteiger charge is -2.15. The molecule has 1 aromatic heterocycles. The second-order valence-electron chi connectivity index (χ2n) is 3.49. The highest BCUT2D eigenvalue weighted by atomic mass is 32.1. The Balaban J connectivity index is 2.48. The molecule has 6 heteroatoms. The van der Waals surface area contributed by atoms with E-state index < -0.39 is 17.9 Å². The molecule has 2 unspecified atom stereocenters. The lowest BCUT2D eigenvalue weighted by Crippen LogP contribution is -2.42. The zero-order valence-electron chi connectivity index (χ0n) is 8.84. The minimum absolute atomic E-state index is 0.154. The summed E-state index contributed by atoms with van der Waals surface area (Å²) in [5.41, 5.74) is 6.42. The summed E-state index contributed by atoms with van der Waals surface area (Å²) in [7, 11) is 0. The van der Waals surface area contributed by atoms with Crippen LogP contribution in [0.25, 0.3) is 0 Å². The number of rotatable bonds is 5. The van der Waals surface area contributed by atoms with Crippen LogP contribution < -0.4 is 11.1 Å². The third-order valence-electron chi connectivity index (χ3n) is 2.13. The van der Waals surface area contributed by atoms with E-state index in [1.807, 2.05) is 23.8 Å². The largest absolute Gasteiger partial charge is 0.481 e. The van der Waals surface area contributed by atoms with E-state index in [2.05, 4.69) is 5.32 Å². The first kappa shape index (κ1) is 12.7. The van der Waals surface area contributed by atoms with Crippen LogP contribution in [0.4, 0.5) is 0 Å². The summed E-state index contributed by atoms with van der Waals surface area (Å²) in [4.78, 5) is 21.9. The molecule has 5 nitrogen and oxygen atoms in total. The molecule has 0 aliphatic carbocycles. The molecule has 0 aromatic carbocycles. The molecule has 1 amide bonds. The Morgan fingerprint density at radius 1 is 1.62 bits per heavy atom. The number of nitrogens with two attached hydrogens (primary N) is 1. The highest BCUT2D eigenvalue weighted by Crippen LogP contribution is 2.15. The number of carbonyl (C=O) groups excluding carboxylic acids is 1. The van der Waals surface area contributed by atoms with Crippen molar-refractivity contribution in [2.75, 3.05) is 0 Å². The van der Waals surface area contributed by atoms with Crippen LogP contribution in [0, 0.1) is 0 Å². The molecule has 0 radical (unpaired) electrons. The molecule has 0 fully saturated rings. The number of carboxylic acids is 1. The molecule has 1 rings (SSSR count). The summed E-state index contributed by atoms with van der Waals surface area (Å²) in [6.45, 7) is 1.83. The van der Waals surface area contributed by atoms with Crippen LogP contribution in [-0.2, 0) is 9.59 Å². The van der Waals surface area contributed by atoms with E-state index in [-0.39, 0.29) is 12.5 Å². The Hall–Kier alpha value is -1.40. The van der Waals surface area contributed by atoms with Crippen LogP contribution in [0.2, 0.25) is 0 Å². The van der Waals surface area contributed by atoms with E-state index in [1.54, 1.807) is 0 Å². The average molecular weight is 242 g/mol. The van der Waals surface area contributed by atoms with Crippen LogP contribution in [0.1, 0.15) is 24.9 Å². The zero-order valence-corrected chi connectivity index (χ0v) is 9.66. The van der Waals surface area contributed by atoms with E-state index in [9.17, 15) is 9.59 Å². The van der Waals surface area contributed by atoms with Crippen LogP contribution in [0.3, 0.4) is 0 Å². The van der Waals surface area contributed by atoms with Gasteiger partial charge in [-0.05, 0) is 29.3 Å². The Labute approximate surface area is 97.3 Å². The molecular weight excluding hydrogens is 228 g/mol. The fourth-order valence-corrected chi connectivity index (χ4v) is 1.96. The molecule has 16 heavy (non-hydrogen) atoms. The number of hydrogen-bond acceptors (Lipinski definition) is 4. The molecule has 1 aromatic rings. The van der Waals surface area contributed by atoms with Gasteiger partial charge >= 0.3 is 5.97 Å². The van der Waals surface area contributed by atoms with Gasteiger partial charge in [0.05, 0.1) is 18.5 Å². The fraction of sp³-hybridized carbons (Fsp3) is 0.400. The molecule has 0 aliphatic rings. The summed E-state index contributed by atoms with van der Waals surface area (Å²) in [6.07, 6.45) is -0.359. The van der Waals surface area contributed by atoms with E-state index in [0.717, 1.165) is 5.56 Å². The monoisotopic (exact) mass is 242 g/mol. The summed E-state index contributed by atoms with van der Waals surface area (Å²) in [5.74, 6) is -1.52. The van der Waals surface area contributed by atoms with Gasteiger partial charge in [-0.2, -0.15) is 11.3 Å². The van der Waals surface area contributed by atoms with Crippen LogP contribution in [-0.4, -0.2) is 23.0 Å². The number of carboxylic acid groups (broad SMARTS) is 1. The normalized spacial score (nSPS) is 14.1. The maximum atomic E-state index is 11.5. The molecule has 0 saturated carbocycles. The third-order valence-corrected chi connectivity index (χ3v) is 2.83. The van der Waals surface area contributed by atoms with Gasteiger partial charge in [0.25, 0.3) is 0 Å². The van der Waals surface area contributed by atoms with Crippen molar-refractivity contribution < 1.29 is 14.7 Å². The molecule has 0 saturated heterocycles. The van der Waals surface area contributed by atoms with Crippen molar-refractivity contribution in [1.29, 1.82) is 0 Å². The van der Waals surface area contributed by atoms with Crippen molar-refractivity contribution in [3.8, 4) is 0 Å². The molecule has 0 aliphatic heterocycles. The number of aliphatic carboxylic acids is 1. The Morgan fingerprint density at radius 2 is 2.31 bits per heavy atom. The standard InChI is InChI=1S/C10H14N2O3S/c1-6(7-2-3-16-5-7)12-10(15)8(11)4-9(13)14/h2-3,5-6,8H,4,11H2,1H3,(H,12,15)(H,13,14). The maximum absolute atomic E-state index is 11.5. The van der Waals surface area contributed by atoms with Crippen molar-refractivity contribution in [3.05, 3.63) is 22.4 Å². The van der Waals surface area contributed by atoms with Gasteiger partial charge in [-0.25, -0.2) is 0 Å². The second kappa shape index (κ2) is 5.62. The van der Waals surface area contributed by atoms with Crippen LogP contribution in [0.5, 0.6) is 0 Å². The second-order valence-corrected chi connectivity index (χ2v) is 4.27. The van der Waals surface area contributed by atoms with E-state index >= 15 is 0 Å². The number of carbonyl (C=O) groups is 2. The number of hydrogen-bond donors (Lipinski definition) is 3. The number of nitrogens with one attached hydrogen (secondary N) is 1. The first-order valence-electron chi connectivity index (χ1n) is 4.80. The van der Waals surface area contributed by atoms with Gasteiger partial charge in [0, 0.05) is 0 Å². The summed E-state index contributed by atoms with van der Waals surface area (Å²) in [5, 5.41) is 15.0. The molecule has 88 valence electrons. The molecular formula is C10H14N2O3S. The van der Waals surface area contributed by atoms with Crippen molar-refractivity contribution in [1.82, 2.24) is 5.32 Å². The molecule has 0 bridgehead atoms. The molecule has 4 N–H and O–H groups in total. The average Bonchev–Trinajstić information content (AvgIpc) is 2.68. The van der Waals surface area contributed by atoms with Crippen LogP contribution in [0.15, 0.2) is 16.8 Å². The predicted octanol–water partition coefficient (Wildman–Crippen LogP) is 0.727. The van der Waals surface area contributed by atoms with Crippen molar-refractivity contribution >= 4 is 23.2 Å². The minimum atomic E-state index is -1.08. The highest BCUT2D eigenvalue weighted by Gasteiger charge is 2.19. The first-order chi connectivity index (χ1) is 7.50. The van der Waals surface area contributed by atoms with Crippen LogP contribution >= 0.6 is 11.3 Å². The lowest BCUT2D eigenvalue weighted by molar-refractivity contribution is -0.139. The van der Waals surface area contributed by atoms with Gasteiger partial charge in [0.2, 0.25) is 5.91 Å². The minimum Gasteiger partial charge on any atom is -0.481 e. The molecule has 2 atom stereocenters. The van der Waals surface area contributed by atoms with Gasteiger partial charge in [0.15, 0.2) is 0 Å². The van der Waals surface area contributed by atoms with Gasteiger partial charge < -0.3 is 16.2 Å². The summed E-state index contributed by atoms with van der Waals surface area (Å²) >= 11 is 1.54. The van der Waals surface area contributed by atoms with Crippen molar-refractivity contribution in [3.63, 3.8) is 0 Å². The summed E-state index contributed by atoms with van der Waals surface area (Å²) < 4.78 is 0. The maximum Gasteiger partial charge on any atom is 0.305 e. The number of thiophene rings is 1. The first-order valence-corrected chi connectivity index (χ1v) is 5.75. The van der Waals surface area contributed by atoms with Gasteiger partial charge in [-0.15, -0.1) is 0 Å². The Kier molecular flexibility index (Phi) is 4.45. The van der Waals surface area contributed by atoms with Gasteiger partial charge in [-0.1, -0.05) is 0 Å². The topological polar surface area (TPSA) is 92.4 Å². The Bertz CT molecular complexity index is 364. The van der Waals surface area contributed by atoms with Crippen molar-refractivity contribution in [2.24, 2.45) is 5.73 Å². The highest BCUT2D eigenvalue weighted by molar-refractivity contribution is 7.07. The number of amides is 1. The van der Waals surface area contributed by atoms with Gasteiger partial charge in [0.1, 0.15) is 0 Å². The summed E-state index contributed by atoms with van der Waals surface area (Å²) in [6, 6.07) is 0.746. The van der Waals surface area contributed by atoms with E-state index in [1.165, 1.54) is 11.3 Å². The van der Waals surface area contributed by atoms with Gasteiger partial charge in [-0.3, -0.25) is 9.59 Å². The third kappa shape index (κ3) is 3.63. The van der Waals surface area contributed by atoms with E-state index in [0.29, 0.717) is 0 Å². The molecule has 0 spiro atoms. The fourth-order valence-electron chi connectivity index (χ4n) is 1.21. The predicted molar refractivity (Wildman–Crippen MR) is 61.1 cm³/mol. The lowest BCUT2D eigenvalue weighted by atomic mass is 10.1. The van der Waals surface area contributed by atoms with E-state index in [4.69, 9.17) is 10.8 Å².